The van der Waals surface area contributed by atoms with E-state index in [1.807, 2.05) is 0 Å². The molecule has 2 aromatic rings. The van der Waals surface area contributed by atoms with Crippen molar-refractivity contribution in [3.63, 3.8) is 0 Å². The van der Waals surface area contributed by atoms with Crippen molar-refractivity contribution in [2.45, 2.75) is 6.42 Å². The molecule has 2 aromatic carbocycles. The molecule has 0 saturated carbocycles. The summed E-state index contributed by atoms with van der Waals surface area (Å²) in [4.78, 5) is 35.6. The normalized spacial score (nSPS) is 12.7. The number of phenols is 2. The Morgan fingerprint density at radius 3 is 2.09 bits per heavy atom. The predicted octanol–water partition coefficient (Wildman–Crippen LogP) is 0.166. The molecule has 6 nitrogen and oxygen atoms in total. The Labute approximate surface area is 124 Å². The Morgan fingerprint density at radius 2 is 1.55 bits per heavy atom. The fraction of sp³-hybridized carbons (Fsp3) is 0.0625. The molecular weight excluding hydrogens is 288 g/mol. The highest BCUT2D eigenvalue weighted by atomic mass is 16.4. The van der Waals surface area contributed by atoms with E-state index in [2.05, 4.69) is 0 Å². The van der Waals surface area contributed by atoms with Gasteiger partial charge in [0, 0.05) is 29.1 Å². The van der Waals surface area contributed by atoms with Crippen LogP contribution in [0.5, 0.6) is 11.5 Å². The molecule has 6 heteroatoms. The first kappa shape index (κ1) is 13.8. The number of hydrogen-bond donors (Lipinski definition) is 2. The van der Waals surface area contributed by atoms with E-state index in [1.165, 1.54) is 12.1 Å². The van der Waals surface area contributed by atoms with Crippen LogP contribution in [-0.2, 0) is 11.2 Å². The highest BCUT2D eigenvalue weighted by molar-refractivity contribution is 6.30. The monoisotopic (exact) mass is 297 g/mol. The molecule has 1 aliphatic carbocycles. The van der Waals surface area contributed by atoms with E-state index in [0.29, 0.717) is 0 Å². The highest BCUT2D eigenvalue weighted by Gasteiger charge is 2.35. The molecule has 0 aromatic heterocycles. The topological polar surface area (TPSA) is 115 Å². The molecule has 0 unspecified atom stereocenters. The molecule has 0 spiro atoms. The molecule has 0 atom stereocenters. The lowest BCUT2D eigenvalue weighted by atomic mass is 9.82. The summed E-state index contributed by atoms with van der Waals surface area (Å²) in [5, 5.41) is 30.8. The smallest absolute Gasteiger partial charge is 0.198 e. The fourth-order valence-electron chi connectivity index (χ4n) is 2.60. The summed E-state index contributed by atoms with van der Waals surface area (Å²) in [6.45, 7) is 0. The predicted molar refractivity (Wildman–Crippen MR) is 71.8 cm³/mol. The molecule has 0 aliphatic heterocycles. The third kappa shape index (κ3) is 1.85. The van der Waals surface area contributed by atoms with Crippen LogP contribution in [0, 0.1) is 0 Å². The van der Waals surface area contributed by atoms with Crippen molar-refractivity contribution in [1.82, 2.24) is 0 Å². The molecule has 2 N–H and O–H groups in total. The number of fused-ring (bicyclic) bond motifs is 2. The number of hydrogen-bond acceptors (Lipinski definition) is 6. The summed E-state index contributed by atoms with van der Waals surface area (Å²) in [6, 6.07) is 6.99. The molecule has 0 heterocycles. The second-order valence-electron chi connectivity index (χ2n) is 4.91. The molecule has 0 amide bonds. The van der Waals surface area contributed by atoms with Crippen molar-refractivity contribution in [3.8, 4) is 11.5 Å². The first-order valence-electron chi connectivity index (χ1n) is 6.38. The van der Waals surface area contributed by atoms with Crippen molar-refractivity contribution in [2.24, 2.45) is 0 Å². The van der Waals surface area contributed by atoms with E-state index in [1.54, 1.807) is 12.1 Å². The number of rotatable bonds is 2. The van der Waals surface area contributed by atoms with Gasteiger partial charge in [-0.05, 0) is 6.07 Å². The lowest BCUT2D eigenvalue weighted by Crippen LogP contribution is -2.26. The van der Waals surface area contributed by atoms with E-state index in [-0.39, 0.29) is 27.8 Å². The van der Waals surface area contributed by atoms with Crippen molar-refractivity contribution in [3.05, 3.63) is 58.1 Å². The molecule has 0 radical (unpaired) electrons. The molecular formula is C16H9O6-. The van der Waals surface area contributed by atoms with Crippen LogP contribution in [0.15, 0.2) is 30.3 Å². The highest BCUT2D eigenvalue weighted by Crippen LogP contribution is 2.39. The van der Waals surface area contributed by atoms with E-state index < -0.39 is 35.5 Å². The summed E-state index contributed by atoms with van der Waals surface area (Å²) in [6.07, 6.45) is -0.685. The van der Waals surface area contributed by atoms with Crippen LogP contribution in [0.4, 0.5) is 0 Å². The first-order chi connectivity index (χ1) is 10.4. The van der Waals surface area contributed by atoms with Gasteiger partial charge in [0.1, 0.15) is 11.5 Å². The van der Waals surface area contributed by atoms with E-state index in [0.717, 1.165) is 6.07 Å². The number of benzene rings is 2. The maximum Gasteiger partial charge on any atom is 0.198 e. The van der Waals surface area contributed by atoms with Gasteiger partial charge in [-0.25, -0.2) is 0 Å². The van der Waals surface area contributed by atoms with Crippen molar-refractivity contribution < 1.29 is 29.7 Å². The van der Waals surface area contributed by atoms with Gasteiger partial charge in [-0.15, -0.1) is 0 Å². The third-order valence-electron chi connectivity index (χ3n) is 3.56. The molecule has 1 aliphatic rings. The quantitative estimate of drug-likeness (QED) is 0.651. The van der Waals surface area contributed by atoms with Crippen LogP contribution in [0.3, 0.4) is 0 Å². The number of carboxylic acids is 1. The van der Waals surface area contributed by atoms with Crippen LogP contribution in [-0.4, -0.2) is 27.7 Å². The van der Waals surface area contributed by atoms with Crippen molar-refractivity contribution in [1.29, 1.82) is 0 Å². The Morgan fingerprint density at radius 1 is 1.00 bits per heavy atom. The number of carbonyl (C=O) groups is 3. The van der Waals surface area contributed by atoms with Gasteiger partial charge in [-0.3, -0.25) is 9.59 Å². The number of phenolic OH excluding ortho intramolecular Hbond substituents is 2. The summed E-state index contributed by atoms with van der Waals surface area (Å²) in [7, 11) is 0. The van der Waals surface area contributed by atoms with Crippen LogP contribution < -0.4 is 5.11 Å². The van der Waals surface area contributed by atoms with Gasteiger partial charge in [0.05, 0.1) is 11.1 Å². The van der Waals surface area contributed by atoms with Crippen LogP contribution >= 0.6 is 0 Å². The van der Waals surface area contributed by atoms with Crippen molar-refractivity contribution >= 4 is 17.5 Å². The van der Waals surface area contributed by atoms with Crippen LogP contribution in [0.25, 0.3) is 0 Å². The Kier molecular flexibility index (Phi) is 2.95. The maximum absolute atomic E-state index is 12.5. The zero-order valence-electron chi connectivity index (χ0n) is 11.1. The van der Waals surface area contributed by atoms with Gasteiger partial charge >= 0.3 is 0 Å². The number of carbonyl (C=O) groups excluding carboxylic acids is 3. The Bertz CT molecular complexity index is 850. The lowest BCUT2D eigenvalue weighted by molar-refractivity contribution is -0.304. The zero-order valence-corrected chi connectivity index (χ0v) is 11.1. The molecule has 110 valence electrons. The largest absolute Gasteiger partial charge is 0.550 e. The standard InChI is InChI=1S/C16H10O6/c17-10-5-7(6-11(18)19)14(20)13-12(10)15(21)8-3-1-2-4-9(8)16(13)22/h1-5,17,20H,6H2,(H,18,19)/p-1. The van der Waals surface area contributed by atoms with E-state index >= 15 is 0 Å². The minimum absolute atomic E-state index is 0.0975. The number of aromatic hydroxyl groups is 2. The summed E-state index contributed by atoms with van der Waals surface area (Å²) in [5.74, 6) is -3.89. The molecule has 0 fully saturated rings. The second kappa shape index (κ2) is 4.70. The zero-order chi connectivity index (χ0) is 16.0. The van der Waals surface area contributed by atoms with Gasteiger partial charge in [-0.1, -0.05) is 24.3 Å². The SMILES string of the molecule is O=C([O-])Cc1cc(O)c2c(c1O)C(=O)c1ccccc1C2=O. The second-order valence-corrected chi connectivity index (χ2v) is 4.91. The minimum atomic E-state index is -1.48. The minimum Gasteiger partial charge on any atom is -0.550 e. The molecule has 3 rings (SSSR count). The van der Waals surface area contributed by atoms with Crippen molar-refractivity contribution in [2.75, 3.05) is 0 Å². The lowest BCUT2D eigenvalue weighted by Gasteiger charge is -2.21. The van der Waals surface area contributed by atoms with Gasteiger partial charge in [0.15, 0.2) is 11.6 Å². The van der Waals surface area contributed by atoms with Gasteiger partial charge in [0.25, 0.3) is 0 Å². The first-order valence-corrected chi connectivity index (χ1v) is 6.38. The maximum atomic E-state index is 12.5. The number of carboxylic acid groups (broad SMARTS) is 1. The summed E-state index contributed by atoms with van der Waals surface area (Å²) in [5.41, 5.74) is -0.650. The molecule has 0 bridgehead atoms. The van der Waals surface area contributed by atoms with Gasteiger partial charge in [0.2, 0.25) is 0 Å². The Balaban J connectivity index is 2.31. The van der Waals surface area contributed by atoms with Crippen LogP contribution in [0.1, 0.15) is 37.4 Å². The number of ketones is 2. The average molecular weight is 297 g/mol. The Hall–Kier alpha value is -3.15. The fourth-order valence-corrected chi connectivity index (χ4v) is 2.60. The molecule has 22 heavy (non-hydrogen) atoms. The van der Waals surface area contributed by atoms with Crippen LogP contribution in [0.2, 0.25) is 0 Å². The van der Waals surface area contributed by atoms with Gasteiger partial charge in [-0.2, -0.15) is 0 Å². The van der Waals surface area contributed by atoms with E-state index in [4.69, 9.17) is 0 Å². The third-order valence-corrected chi connectivity index (χ3v) is 3.56. The summed E-state index contributed by atoms with van der Waals surface area (Å²) < 4.78 is 0. The van der Waals surface area contributed by atoms with Gasteiger partial charge < -0.3 is 20.1 Å². The average Bonchev–Trinajstić information content (AvgIpc) is 2.47. The van der Waals surface area contributed by atoms with E-state index in [9.17, 15) is 29.7 Å². The molecule has 0 saturated heterocycles. The summed E-state index contributed by atoms with van der Waals surface area (Å²) >= 11 is 0. The number of aliphatic carboxylic acids is 1.